The van der Waals surface area contributed by atoms with Crippen LogP contribution in [0.2, 0.25) is 0 Å². The lowest BCUT2D eigenvalue weighted by molar-refractivity contribution is 0.0527. The van der Waals surface area contributed by atoms with Gasteiger partial charge >= 0.3 is 5.97 Å². The fourth-order valence-electron chi connectivity index (χ4n) is 4.68. The smallest absolute Gasteiger partial charge is 0.340 e. The Balaban J connectivity index is 1.97. The maximum absolute atomic E-state index is 13.3. The molecule has 33 heavy (non-hydrogen) atoms. The summed E-state index contributed by atoms with van der Waals surface area (Å²) in [6.07, 6.45) is 0. The summed E-state index contributed by atoms with van der Waals surface area (Å²) in [4.78, 5) is 13.3. The molecule has 0 fully saturated rings. The zero-order chi connectivity index (χ0) is 22.9. The topological polar surface area (TPSA) is 31.2 Å². The Morgan fingerprint density at radius 1 is 0.879 bits per heavy atom. The molecule has 0 unspecified atom stereocenters. The summed E-state index contributed by atoms with van der Waals surface area (Å²) in [7, 11) is 0. The van der Waals surface area contributed by atoms with Crippen molar-refractivity contribution in [3.8, 4) is 11.1 Å². The van der Waals surface area contributed by atoms with E-state index in [2.05, 4.69) is 93.9 Å². The highest BCUT2D eigenvalue weighted by atomic mass is 127. The van der Waals surface area contributed by atoms with E-state index in [0.717, 1.165) is 38.5 Å². The number of hydrogen-bond acceptors (Lipinski definition) is 2. The third-order valence-corrected chi connectivity index (χ3v) is 7.26. The van der Waals surface area contributed by atoms with Crippen LogP contribution in [0.15, 0.2) is 84.9 Å². The van der Waals surface area contributed by atoms with E-state index in [9.17, 15) is 4.79 Å². The van der Waals surface area contributed by atoms with Crippen LogP contribution in [0.4, 0.5) is 0 Å². The number of benzene rings is 4. The predicted molar refractivity (Wildman–Crippen MR) is 144 cm³/mol. The summed E-state index contributed by atoms with van der Waals surface area (Å²) >= 11 is 2.46. The third-order valence-electron chi connectivity index (χ3n) is 6.14. The fourth-order valence-corrected chi connectivity index (χ4v) is 5.71. The Morgan fingerprint density at radius 2 is 1.48 bits per heavy atom. The number of carbonyl (C=O) groups excluding carboxylic acids is 1. The molecule has 1 heterocycles. The van der Waals surface area contributed by atoms with Crippen molar-refractivity contribution in [3.05, 3.63) is 105 Å². The summed E-state index contributed by atoms with van der Waals surface area (Å²) in [5, 5.41) is 3.19. The summed E-state index contributed by atoms with van der Waals surface area (Å²) < 4.78 is 9.02. The van der Waals surface area contributed by atoms with Gasteiger partial charge in [0.05, 0.1) is 17.7 Å². The van der Waals surface area contributed by atoms with Crippen molar-refractivity contribution in [3.63, 3.8) is 0 Å². The molecule has 5 aromatic rings. The van der Waals surface area contributed by atoms with Gasteiger partial charge in [0, 0.05) is 26.8 Å². The van der Waals surface area contributed by atoms with Crippen LogP contribution in [0, 0.1) is 10.5 Å². The van der Waals surface area contributed by atoms with Crippen LogP contribution >= 0.6 is 22.6 Å². The molecule has 4 heteroatoms. The average Bonchev–Trinajstić information content (AvgIpc) is 3.13. The van der Waals surface area contributed by atoms with Crippen molar-refractivity contribution in [2.45, 2.75) is 20.4 Å². The van der Waals surface area contributed by atoms with Crippen molar-refractivity contribution in [1.29, 1.82) is 0 Å². The molecule has 0 spiro atoms. The number of aromatic nitrogens is 1. The molecule has 0 N–H and O–H groups in total. The Kier molecular flexibility index (Phi) is 5.94. The molecule has 3 nitrogen and oxygen atoms in total. The van der Waals surface area contributed by atoms with E-state index in [1.165, 1.54) is 9.13 Å². The van der Waals surface area contributed by atoms with Crippen molar-refractivity contribution >= 4 is 50.2 Å². The van der Waals surface area contributed by atoms with Gasteiger partial charge in [-0.15, -0.1) is 0 Å². The molecule has 0 amide bonds. The average molecular weight is 545 g/mol. The Labute approximate surface area is 207 Å². The van der Waals surface area contributed by atoms with Crippen molar-refractivity contribution in [2.24, 2.45) is 0 Å². The van der Waals surface area contributed by atoms with E-state index < -0.39 is 0 Å². The van der Waals surface area contributed by atoms with Gasteiger partial charge in [0.1, 0.15) is 0 Å². The second-order valence-electron chi connectivity index (χ2n) is 8.08. The third kappa shape index (κ3) is 3.72. The molecule has 164 valence electrons. The second kappa shape index (κ2) is 9.02. The minimum absolute atomic E-state index is 0.266. The van der Waals surface area contributed by atoms with Crippen molar-refractivity contribution < 1.29 is 9.53 Å². The van der Waals surface area contributed by atoms with E-state index >= 15 is 0 Å². The van der Waals surface area contributed by atoms with Crippen LogP contribution in [-0.4, -0.2) is 17.1 Å². The number of hydrogen-bond donors (Lipinski definition) is 0. The molecule has 0 aliphatic heterocycles. The number of esters is 1. The number of fused-ring (bicyclic) bond motifs is 3. The standard InChI is InChI=1S/C29H24INO2/c1-3-33-29(32)24-19(2)31(18-20-12-6-4-7-13-20)28-25(21-14-8-5-9-15-21)27(30)23-17-11-10-16-22(23)26(24)28/h4-17H,3,18H2,1-2H3. The van der Waals surface area contributed by atoms with Gasteiger partial charge in [0.2, 0.25) is 0 Å². The zero-order valence-electron chi connectivity index (χ0n) is 18.6. The lowest BCUT2D eigenvalue weighted by Gasteiger charge is -2.16. The van der Waals surface area contributed by atoms with E-state index in [4.69, 9.17) is 4.74 Å². The summed E-state index contributed by atoms with van der Waals surface area (Å²) in [5.74, 6) is -0.266. The zero-order valence-corrected chi connectivity index (χ0v) is 20.8. The van der Waals surface area contributed by atoms with Crippen LogP contribution < -0.4 is 0 Å². The monoisotopic (exact) mass is 545 g/mol. The number of carbonyl (C=O) groups is 1. The normalized spacial score (nSPS) is 11.2. The predicted octanol–water partition coefficient (Wildman–Crippen LogP) is 7.60. The molecule has 1 aromatic heterocycles. The van der Waals surface area contributed by atoms with Crippen LogP contribution in [0.5, 0.6) is 0 Å². The SMILES string of the molecule is CCOC(=O)c1c(C)n(Cc2ccccc2)c2c(-c3ccccc3)c(I)c3ccccc3c12. The summed E-state index contributed by atoms with van der Waals surface area (Å²) in [6, 6.07) is 29.2. The van der Waals surface area contributed by atoms with Gasteiger partial charge in [-0.3, -0.25) is 0 Å². The van der Waals surface area contributed by atoms with Gasteiger partial charge < -0.3 is 9.30 Å². The number of nitrogens with zero attached hydrogens (tertiary/aromatic N) is 1. The molecule has 0 saturated heterocycles. The van der Waals surface area contributed by atoms with Gasteiger partial charge in [-0.05, 0) is 58.3 Å². The molecule has 5 rings (SSSR count). The molecule has 0 aliphatic carbocycles. The maximum atomic E-state index is 13.3. The number of rotatable bonds is 5. The van der Waals surface area contributed by atoms with Crippen molar-refractivity contribution in [2.75, 3.05) is 6.61 Å². The molecular formula is C29H24INO2. The molecule has 4 aromatic carbocycles. The second-order valence-corrected chi connectivity index (χ2v) is 9.16. The first-order valence-electron chi connectivity index (χ1n) is 11.1. The maximum Gasteiger partial charge on any atom is 0.340 e. The van der Waals surface area contributed by atoms with Gasteiger partial charge in [0.15, 0.2) is 0 Å². The first-order chi connectivity index (χ1) is 16.1. The van der Waals surface area contributed by atoms with E-state index in [1.54, 1.807) is 0 Å². The molecule has 0 bridgehead atoms. The Morgan fingerprint density at radius 3 is 2.15 bits per heavy atom. The van der Waals surface area contributed by atoms with E-state index in [1.807, 2.05) is 32.0 Å². The highest BCUT2D eigenvalue weighted by molar-refractivity contribution is 14.1. The van der Waals surface area contributed by atoms with Gasteiger partial charge in [-0.1, -0.05) is 84.9 Å². The molecule has 0 atom stereocenters. The number of halogens is 1. The summed E-state index contributed by atoms with van der Waals surface area (Å²) in [5.41, 5.74) is 6.15. The van der Waals surface area contributed by atoms with Crippen LogP contribution in [0.3, 0.4) is 0 Å². The van der Waals surface area contributed by atoms with Gasteiger partial charge in [-0.25, -0.2) is 4.79 Å². The molecule has 0 radical (unpaired) electrons. The molecular weight excluding hydrogens is 521 g/mol. The van der Waals surface area contributed by atoms with Gasteiger partial charge in [0.25, 0.3) is 0 Å². The quantitative estimate of drug-likeness (QED) is 0.168. The van der Waals surface area contributed by atoms with Crippen LogP contribution in [0.25, 0.3) is 32.8 Å². The number of ether oxygens (including phenoxy) is 1. The van der Waals surface area contributed by atoms with Crippen LogP contribution in [-0.2, 0) is 11.3 Å². The highest BCUT2D eigenvalue weighted by Gasteiger charge is 2.27. The Bertz CT molecular complexity index is 1470. The first-order valence-corrected chi connectivity index (χ1v) is 12.2. The van der Waals surface area contributed by atoms with Crippen LogP contribution in [0.1, 0.15) is 28.5 Å². The lowest BCUT2D eigenvalue weighted by Crippen LogP contribution is -2.08. The first kappa shape index (κ1) is 21.7. The fraction of sp³-hybridized carbons (Fsp3) is 0.138. The van der Waals surface area contributed by atoms with Crippen molar-refractivity contribution in [1.82, 2.24) is 4.57 Å². The lowest BCUT2D eigenvalue weighted by atomic mass is 9.95. The Hall–Kier alpha value is -3.12. The van der Waals surface area contributed by atoms with Gasteiger partial charge in [-0.2, -0.15) is 0 Å². The largest absolute Gasteiger partial charge is 0.462 e. The minimum atomic E-state index is -0.266. The molecule has 0 aliphatic rings. The van der Waals surface area contributed by atoms with E-state index in [-0.39, 0.29) is 5.97 Å². The summed E-state index contributed by atoms with van der Waals surface area (Å²) in [6.45, 7) is 4.91. The molecule has 0 saturated carbocycles. The highest BCUT2D eigenvalue weighted by Crippen LogP contribution is 2.43. The minimum Gasteiger partial charge on any atom is -0.462 e. The van der Waals surface area contributed by atoms with E-state index in [0.29, 0.717) is 18.7 Å².